The summed E-state index contributed by atoms with van der Waals surface area (Å²) in [6.45, 7) is 2.68. The highest BCUT2D eigenvalue weighted by molar-refractivity contribution is 5.34. The van der Waals surface area contributed by atoms with Crippen molar-refractivity contribution < 1.29 is 62.2 Å². The third-order valence-corrected chi connectivity index (χ3v) is 6.37. The molecule has 14 heteroatoms. The van der Waals surface area contributed by atoms with Crippen LogP contribution in [0.2, 0.25) is 0 Å². The van der Waals surface area contributed by atoms with Crippen molar-refractivity contribution in [1.82, 2.24) is 0 Å². The zero-order valence-electron chi connectivity index (χ0n) is 19.5. The fraction of sp³-hybridized carbons (Fsp3) is 0.500. The van der Waals surface area contributed by atoms with Crippen LogP contribution in [0.4, 0.5) is 57.1 Å². The minimum absolute atomic E-state index is 0.00520. The van der Waals surface area contributed by atoms with Gasteiger partial charge in [-0.25, -0.2) is 0 Å². The lowest BCUT2D eigenvalue weighted by atomic mass is 9.73. The van der Waals surface area contributed by atoms with Crippen LogP contribution in [-0.2, 0) is 12.0 Å². The highest BCUT2D eigenvalue weighted by Crippen LogP contribution is 2.62. The Hall–Kier alpha value is -2.51. The van der Waals surface area contributed by atoms with E-state index in [0.29, 0.717) is 12.0 Å². The molecule has 1 N–H and O–H groups in total. The quantitative estimate of drug-likeness (QED) is 0.284. The summed E-state index contributed by atoms with van der Waals surface area (Å²) in [5.41, 5.74) is -3.23. The summed E-state index contributed by atoms with van der Waals surface area (Å²) in [4.78, 5) is 0. The molecular weight excluding hydrogens is 551 g/mol. The van der Waals surface area contributed by atoms with Gasteiger partial charge in [0.05, 0.1) is 6.42 Å². The molecule has 2 aromatic rings. The van der Waals surface area contributed by atoms with Crippen LogP contribution in [-0.4, -0.2) is 40.9 Å². The van der Waals surface area contributed by atoms with Crippen LogP contribution in [0.15, 0.2) is 54.6 Å². The smallest absolute Gasteiger partial charge is 0.384 e. The van der Waals surface area contributed by atoms with Crippen LogP contribution in [0, 0.1) is 0 Å². The highest BCUT2D eigenvalue weighted by atomic mass is 19.4. The van der Waals surface area contributed by atoms with Crippen LogP contribution in [0.5, 0.6) is 0 Å². The van der Waals surface area contributed by atoms with E-state index < -0.39 is 59.3 Å². The van der Waals surface area contributed by atoms with Gasteiger partial charge in [0.1, 0.15) is 5.60 Å². The lowest BCUT2D eigenvalue weighted by molar-refractivity contribution is -0.441. The van der Waals surface area contributed by atoms with Crippen LogP contribution >= 0.6 is 0 Å². The second-order valence-electron chi connectivity index (χ2n) is 8.78. The van der Waals surface area contributed by atoms with Crippen molar-refractivity contribution in [3.05, 3.63) is 71.3 Å². The summed E-state index contributed by atoms with van der Waals surface area (Å²) in [6.07, 6.45) is -9.86. The fourth-order valence-electron chi connectivity index (χ4n) is 3.80. The van der Waals surface area contributed by atoms with E-state index in [2.05, 4.69) is 0 Å². The molecule has 214 valence electrons. The van der Waals surface area contributed by atoms with Gasteiger partial charge in [-0.05, 0) is 23.1 Å². The van der Waals surface area contributed by atoms with Gasteiger partial charge in [-0.2, -0.15) is 57.1 Å². The van der Waals surface area contributed by atoms with Crippen molar-refractivity contribution in [3.8, 4) is 0 Å². The fourth-order valence-corrected chi connectivity index (χ4v) is 3.80. The maximum Gasteiger partial charge on any atom is 0.460 e. The summed E-state index contributed by atoms with van der Waals surface area (Å²) >= 11 is 0. The van der Waals surface area contributed by atoms with E-state index in [9.17, 15) is 62.2 Å². The number of hydrogen-bond donors (Lipinski definition) is 1. The Morgan fingerprint density at radius 2 is 1.08 bits per heavy atom. The predicted octanol–water partition coefficient (Wildman–Crippen LogP) is 8.37. The summed E-state index contributed by atoms with van der Waals surface area (Å²) < 4.78 is 177. The number of hydrogen-bond acceptors (Lipinski definition) is 1. The van der Waals surface area contributed by atoms with Crippen molar-refractivity contribution >= 4 is 0 Å². The first-order valence-electron chi connectivity index (χ1n) is 10.8. The molecule has 0 amide bonds. The number of alkyl halides is 13. The number of aryl methyl sites for hydroxylation is 1. The molecule has 0 aliphatic rings. The van der Waals surface area contributed by atoms with Gasteiger partial charge in [0, 0.05) is 5.92 Å². The predicted molar refractivity (Wildman–Crippen MR) is 110 cm³/mol. The van der Waals surface area contributed by atoms with E-state index in [1.54, 1.807) is 6.92 Å². The van der Waals surface area contributed by atoms with E-state index in [-0.39, 0.29) is 5.56 Å². The summed E-state index contributed by atoms with van der Waals surface area (Å²) in [5, 5.41) is 11.3. The monoisotopic (exact) mass is 572 g/mol. The number of halogens is 13. The lowest BCUT2D eigenvalue weighted by Crippen LogP contribution is -2.70. The van der Waals surface area contributed by atoms with Gasteiger partial charge in [-0.1, -0.05) is 68.4 Å². The molecular formula is C24H21F13O. The Morgan fingerprint density at radius 1 is 0.632 bits per heavy atom. The van der Waals surface area contributed by atoms with E-state index in [1.807, 2.05) is 0 Å². The van der Waals surface area contributed by atoms with Crippen molar-refractivity contribution in [2.24, 2.45) is 0 Å². The molecule has 0 bridgehead atoms. The number of benzene rings is 2. The first kappa shape index (κ1) is 31.7. The first-order valence-corrected chi connectivity index (χ1v) is 10.8. The molecule has 0 spiro atoms. The Kier molecular flexibility index (Phi) is 8.27. The molecule has 0 radical (unpaired) electrons. The number of rotatable bonds is 10. The molecule has 1 nitrogen and oxygen atoms in total. The van der Waals surface area contributed by atoms with Gasteiger partial charge in [0.2, 0.25) is 0 Å². The largest absolute Gasteiger partial charge is 0.460 e. The van der Waals surface area contributed by atoms with Crippen molar-refractivity contribution in [3.63, 3.8) is 0 Å². The van der Waals surface area contributed by atoms with E-state index in [0.717, 1.165) is 19.1 Å². The second kappa shape index (κ2) is 9.91. The molecule has 0 aliphatic heterocycles. The molecule has 0 aromatic heterocycles. The standard InChI is InChI=1S/C24H21F13O/c1-3-15-9-11-17(12-10-15)18(38,14(2)16-7-5-4-6-8-16)13-19(25,26)20(27,28)21(29,30)22(31,32)23(33,34)24(35,36)37/h4-12,14,38H,3,13H2,1-2H3. The Bertz CT molecular complexity index is 1080. The normalized spacial score (nSPS) is 16.7. The second-order valence-corrected chi connectivity index (χ2v) is 8.78. The molecule has 0 saturated carbocycles. The molecule has 0 fully saturated rings. The average Bonchev–Trinajstić information content (AvgIpc) is 2.82. The van der Waals surface area contributed by atoms with Gasteiger partial charge >= 0.3 is 35.8 Å². The molecule has 0 heterocycles. The highest BCUT2D eigenvalue weighted by Gasteiger charge is 2.90. The van der Waals surface area contributed by atoms with Gasteiger partial charge < -0.3 is 5.11 Å². The van der Waals surface area contributed by atoms with Gasteiger partial charge in [0.25, 0.3) is 0 Å². The van der Waals surface area contributed by atoms with E-state index in [4.69, 9.17) is 0 Å². The van der Waals surface area contributed by atoms with Crippen LogP contribution in [0.3, 0.4) is 0 Å². The van der Waals surface area contributed by atoms with Gasteiger partial charge in [0.15, 0.2) is 0 Å². The van der Waals surface area contributed by atoms with E-state index >= 15 is 0 Å². The van der Waals surface area contributed by atoms with Gasteiger partial charge in [-0.15, -0.1) is 0 Å². The maximum atomic E-state index is 14.9. The van der Waals surface area contributed by atoms with E-state index in [1.165, 1.54) is 42.5 Å². The third kappa shape index (κ3) is 4.95. The molecule has 2 aromatic carbocycles. The van der Waals surface area contributed by atoms with Gasteiger partial charge in [-0.3, -0.25) is 0 Å². The van der Waals surface area contributed by atoms with Crippen molar-refractivity contribution in [1.29, 1.82) is 0 Å². The molecule has 2 atom stereocenters. The lowest BCUT2D eigenvalue weighted by Gasteiger charge is -2.43. The Labute approximate surface area is 208 Å². The molecule has 0 aliphatic carbocycles. The minimum Gasteiger partial charge on any atom is -0.384 e. The summed E-state index contributed by atoms with van der Waals surface area (Å²) in [5.74, 6) is -39.3. The topological polar surface area (TPSA) is 20.2 Å². The van der Waals surface area contributed by atoms with Crippen molar-refractivity contribution in [2.45, 2.75) is 74.0 Å². The zero-order valence-corrected chi connectivity index (χ0v) is 19.5. The molecule has 2 unspecified atom stereocenters. The van der Waals surface area contributed by atoms with Crippen LogP contribution in [0.1, 0.15) is 42.9 Å². The molecule has 2 rings (SSSR count). The minimum atomic E-state index is -8.00. The summed E-state index contributed by atoms with van der Waals surface area (Å²) in [7, 11) is 0. The average molecular weight is 572 g/mol. The number of aliphatic hydroxyl groups is 1. The molecule has 0 saturated heterocycles. The third-order valence-electron chi connectivity index (χ3n) is 6.37. The Morgan fingerprint density at radius 3 is 1.50 bits per heavy atom. The summed E-state index contributed by atoms with van der Waals surface area (Å²) in [6, 6.07) is 11.1. The zero-order chi connectivity index (χ0) is 29.6. The van der Waals surface area contributed by atoms with Crippen molar-refractivity contribution in [2.75, 3.05) is 0 Å². The Balaban J connectivity index is 2.67. The first-order chi connectivity index (χ1) is 17.0. The molecule has 38 heavy (non-hydrogen) atoms. The van der Waals surface area contributed by atoms with Crippen LogP contribution < -0.4 is 0 Å². The maximum absolute atomic E-state index is 14.9. The van der Waals surface area contributed by atoms with Crippen LogP contribution in [0.25, 0.3) is 0 Å². The SMILES string of the molecule is CCc1ccc(C(O)(CC(F)(F)C(F)(F)C(F)(F)C(F)(F)C(F)(F)C(F)(F)F)C(C)c2ccccc2)cc1.